The van der Waals surface area contributed by atoms with E-state index in [1.165, 1.54) is 0 Å². The second-order valence-corrected chi connectivity index (χ2v) is 6.54. The van der Waals surface area contributed by atoms with Crippen molar-refractivity contribution in [1.29, 1.82) is 0 Å². The van der Waals surface area contributed by atoms with Crippen molar-refractivity contribution in [2.75, 3.05) is 5.32 Å². The molecule has 0 aromatic heterocycles. The summed E-state index contributed by atoms with van der Waals surface area (Å²) in [7, 11) is 0. The van der Waals surface area contributed by atoms with Crippen LogP contribution in [0.4, 0.5) is 5.69 Å². The molecular weight excluding hydrogens is 284 g/mol. The van der Waals surface area contributed by atoms with Crippen LogP contribution in [0.2, 0.25) is 0 Å². The molecule has 1 heterocycles. The summed E-state index contributed by atoms with van der Waals surface area (Å²) in [5.74, 6) is -2.45. The van der Waals surface area contributed by atoms with Crippen molar-refractivity contribution in [3.63, 3.8) is 0 Å². The van der Waals surface area contributed by atoms with Crippen LogP contribution in [-0.2, 0) is 14.4 Å². The molecule has 6 heteroatoms. The summed E-state index contributed by atoms with van der Waals surface area (Å²) in [6.07, 6.45) is 0.0132. The standard InChI is InChI=1S/C16H20N2O4/c1-16(2,3)13(15(21)22)18-14(20)10-8-12(19)17-11-7-5-4-6-9(10)11/h4-7,10,13H,8H2,1-3H3,(H,17,19)(H,18,20)(H,21,22)/t10-,13+/m0/s1. The second kappa shape index (κ2) is 5.79. The summed E-state index contributed by atoms with van der Waals surface area (Å²) in [4.78, 5) is 35.6. The highest BCUT2D eigenvalue weighted by molar-refractivity contribution is 6.01. The van der Waals surface area contributed by atoms with E-state index in [1.54, 1.807) is 45.0 Å². The first kappa shape index (κ1) is 16.0. The number of anilines is 1. The Morgan fingerprint density at radius 3 is 2.55 bits per heavy atom. The van der Waals surface area contributed by atoms with Gasteiger partial charge in [-0.2, -0.15) is 0 Å². The second-order valence-electron chi connectivity index (χ2n) is 6.54. The first-order valence-electron chi connectivity index (χ1n) is 7.12. The topological polar surface area (TPSA) is 95.5 Å². The van der Waals surface area contributed by atoms with Crippen molar-refractivity contribution in [2.24, 2.45) is 5.41 Å². The fourth-order valence-corrected chi connectivity index (χ4v) is 2.54. The summed E-state index contributed by atoms with van der Waals surface area (Å²) in [5.41, 5.74) is 0.678. The van der Waals surface area contributed by atoms with Crippen LogP contribution in [0, 0.1) is 5.41 Å². The monoisotopic (exact) mass is 304 g/mol. The quantitative estimate of drug-likeness (QED) is 0.792. The molecule has 1 aromatic carbocycles. The van der Waals surface area contributed by atoms with Gasteiger partial charge in [0.25, 0.3) is 0 Å². The minimum absolute atomic E-state index is 0.0132. The van der Waals surface area contributed by atoms with Gasteiger partial charge in [-0.15, -0.1) is 0 Å². The molecule has 1 aliphatic heterocycles. The Kier molecular flexibility index (Phi) is 4.21. The molecule has 0 fully saturated rings. The maximum atomic E-state index is 12.5. The van der Waals surface area contributed by atoms with Crippen LogP contribution in [0.1, 0.15) is 38.7 Å². The van der Waals surface area contributed by atoms with Gasteiger partial charge in [0.1, 0.15) is 6.04 Å². The fraction of sp³-hybridized carbons (Fsp3) is 0.438. The van der Waals surface area contributed by atoms with Gasteiger partial charge in [-0.25, -0.2) is 4.79 Å². The highest BCUT2D eigenvalue weighted by Gasteiger charge is 2.37. The van der Waals surface area contributed by atoms with Crippen LogP contribution >= 0.6 is 0 Å². The summed E-state index contributed by atoms with van der Waals surface area (Å²) in [6, 6.07) is 6.04. The SMILES string of the molecule is CC(C)(C)[C@H](NC(=O)[C@H]1CC(=O)Nc2ccccc21)C(=O)O. The van der Waals surface area contributed by atoms with Gasteiger partial charge in [0.2, 0.25) is 11.8 Å². The van der Waals surface area contributed by atoms with Gasteiger partial charge in [0.05, 0.1) is 5.92 Å². The lowest BCUT2D eigenvalue weighted by Gasteiger charge is -2.31. The van der Waals surface area contributed by atoms with Crippen LogP contribution in [0.25, 0.3) is 0 Å². The summed E-state index contributed by atoms with van der Waals surface area (Å²) < 4.78 is 0. The number of carboxylic acids is 1. The highest BCUT2D eigenvalue weighted by atomic mass is 16.4. The van der Waals surface area contributed by atoms with Crippen molar-refractivity contribution < 1.29 is 19.5 Å². The van der Waals surface area contributed by atoms with Gasteiger partial charge in [-0.05, 0) is 17.0 Å². The minimum Gasteiger partial charge on any atom is -0.480 e. The van der Waals surface area contributed by atoms with Crippen molar-refractivity contribution in [3.05, 3.63) is 29.8 Å². The van der Waals surface area contributed by atoms with Crippen LogP contribution in [-0.4, -0.2) is 28.9 Å². The number of para-hydroxylation sites is 1. The average molecular weight is 304 g/mol. The van der Waals surface area contributed by atoms with Crippen molar-refractivity contribution in [2.45, 2.75) is 39.2 Å². The van der Waals surface area contributed by atoms with Gasteiger partial charge in [0.15, 0.2) is 0 Å². The zero-order valence-electron chi connectivity index (χ0n) is 12.8. The zero-order chi connectivity index (χ0) is 16.5. The highest BCUT2D eigenvalue weighted by Crippen LogP contribution is 2.32. The number of hydrogen-bond acceptors (Lipinski definition) is 3. The van der Waals surface area contributed by atoms with Crippen LogP contribution in [0.5, 0.6) is 0 Å². The van der Waals surface area contributed by atoms with Gasteiger partial charge in [0, 0.05) is 12.1 Å². The van der Waals surface area contributed by atoms with E-state index in [0.717, 1.165) is 0 Å². The molecule has 118 valence electrons. The first-order valence-corrected chi connectivity index (χ1v) is 7.12. The maximum absolute atomic E-state index is 12.5. The molecule has 2 amide bonds. The molecule has 3 N–H and O–H groups in total. The molecule has 1 aromatic rings. The van der Waals surface area contributed by atoms with E-state index >= 15 is 0 Å². The third-order valence-electron chi connectivity index (χ3n) is 3.72. The molecule has 0 spiro atoms. The lowest BCUT2D eigenvalue weighted by atomic mass is 9.85. The lowest BCUT2D eigenvalue weighted by Crippen LogP contribution is -2.51. The first-order chi connectivity index (χ1) is 10.2. The van der Waals surface area contributed by atoms with E-state index < -0.39 is 29.3 Å². The molecule has 0 saturated carbocycles. The summed E-state index contributed by atoms with van der Waals surface area (Å²) >= 11 is 0. The number of fused-ring (bicyclic) bond motifs is 1. The van der Waals surface area contributed by atoms with Crippen LogP contribution in [0.15, 0.2) is 24.3 Å². The van der Waals surface area contributed by atoms with E-state index in [4.69, 9.17) is 0 Å². The molecule has 0 unspecified atom stereocenters. The largest absolute Gasteiger partial charge is 0.480 e. The molecule has 0 radical (unpaired) electrons. The van der Waals surface area contributed by atoms with Crippen molar-refractivity contribution in [1.82, 2.24) is 5.32 Å². The third kappa shape index (κ3) is 3.27. The Labute approximate surface area is 128 Å². The number of amides is 2. The Balaban J connectivity index is 2.26. The smallest absolute Gasteiger partial charge is 0.326 e. The van der Waals surface area contributed by atoms with E-state index in [0.29, 0.717) is 11.3 Å². The third-order valence-corrected chi connectivity index (χ3v) is 3.72. The molecular formula is C16H20N2O4. The van der Waals surface area contributed by atoms with Gasteiger partial charge in [-0.1, -0.05) is 39.0 Å². The summed E-state index contributed by atoms with van der Waals surface area (Å²) in [6.45, 7) is 5.23. The van der Waals surface area contributed by atoms with Gasteiger partial charge in [-0.3, -0.25) is 9.59 Å². The number of aliphatic carboxylic acids is 1. The predicted octanol–water partition coefficient (Wildman–Crippen LogP) is 1.73. The number of rotatable bonds is 3. The summed E-state index contributed by atoms with van der Waals surface area (Å²) in [5, 5.41) is 14.6. The molecule has 1 aliphatic rings. The Morgan fingerprint density at radius 1 is 1.32 bits per heavy atom. The molecule has 2 atom stereocenters. The molecule has 2 rings (SSSR count). The Hall–Kier alpha value is -2.37. The number of hydrogen-bond donors (Lipinski definition) is 3. The Bertz CT molecular complexity index is 619. The normalized spacial score (nSPS) is 18.9. The molecule has 0 saturated heterocycles. The maximum Gasteiger partial charge on any atom is 0.326 e. The van der Waals surface area contributed by atoms with Crippen LogP contribution < -0.4 is 10.6 Å². The number of carbonyl (C=O) groups is 3. The number of carbonyl (C=O) groups excluding carboxylic acids is 2. The number of nitrogens with one attached hydrogen (secondary N) is 2. The molecule has 0 aliphatic carbocycles. The number of benzene rings is 1. The van der Waals surface area contributed by atoms with E-state index in [1.807, 2.05) is 0 Å². The predicted molar refractivity (Wildman–Crippen MR) is 81.5 cm³/mol. The van der Waals surface area contributed by atoms with Crippen molar-refractivity contribution in [3.8, 4) is 0 Å². The molecule has 22 heavy (non-hydrogen) atoms. The molecule has 6 nitrogen and oxygen atoms in total. The lowest BCUT2D eigenvalue weighted by molar-refractivity contribution is -0.145. The van der Waals surface area contributed by atoms with Gasteiger partial charge >= 0.3 is 5.97 Å². The van der Waals surface area contributed by atoms with E-state index in [2.05, 4.69) is 10.6 Å². The Morgan fingerprint density at radius 2 is 1.95 bits per heavy atom. The van der Waals surface area contributed by atoms with E-state index in [9.17, 15) is 19.5 Å². The average Bonchev–Trinajstić information content (AvgIpc) is 2.41. The number of carboxylic acid groups (broad SMARTS) is 1. The zero-order valence-corrected chi connectivity index (χ0v) is 12.8. The van der Waals surface area contributed by atoms with Gasteiger partial charge < -0.3 is 15.7 Å². The fourth-order valence-electron chi connectivity index (χ4n) is 2.54. The molecule has 0 bridgehead atoms. The van der Waals surface area contributed by atoms with E-state index in [-0.39, 0.29) is 12.3 Å². The van der Waals surface area contributed by atoms with Crippen molar-refractivity contribution >= 4 is 23.5 Å². The minimum atomic E-state index is -1.09. The van der Waals surface area contributed by atoms with Crippen LogP contribution in [0.3, 0.4) is 0 Å².